The number of nitrogens with zero attached hydrogens (tertiary/aromatic N) is 2. The Morgan fingerprint density at radius 1 is 0.413 bits per heavy atom. The molecule has 0 N–H and O–H groups in total. The van der Waals surface area contributed by atoms with Crippen molar-refractivity contribution < 1.29 is 0 Å². The van der Waals surface area contributed by atoms with Crippen LogP contribution in [0.3, 0.4) is 0 Å². The predicted molar refractivity (Wildman–Crippen MR) is 194 cm³/mol. The van der Waals surface area contributed by atoms with E-state index in [1.165, 1.54) is 65.0 Å². The van der Waals surface area contributed by atoms with E-state index in [1.807, 2.05) is 36.4 Å². The van der Waals surface area contributed by atoms with Crippen molar-refractivity contribution >= 4 is 53.9 Å². The molecule has 0 fully saturated rings. The minimum Gasteiger partial charge on any atom is -0.192 e. The largest absolute Gasteiger partial charge is 0.192 e. The summed E-state index contributed by atoms with van der Waals surface area (Å²) in [5, 5.41) is 32.3. The van der Waals surface area contributed by atoms with E-state index in [0.29, 0.717) is 11.1 Å². The first-order chi connectivity index (χ1) is 22.4. The first-order valence-corrected chi connectivity index (χ1v) is 16.0. The van der Waals surface area contributed by atoms with Gasteiger partial charge in [0.2, 0.25) is 0 Å². The Kier molecular flexibility index (Phi) is 6.32. The van der Waals surface area contributed by atoms with E-state index in [0.717, 1.165) is 22.3 Å². The number of rotatable bonds is 4. The van der Waals surface area contributed by atoms with E-state index in [-0.39, 0.29) is 11.8 Å². The number of hydrogen-bond acceptors (Lipinski definition) is 2. The third-order valence-electron chi connectivity index (χ3n) is 9.75. The normalized spacial score (nSPS) is 11.8. The van der Waals surface area contributed by atoms with Gasteiger partial charge in [-0.25, -0.2) is 0 Å². The van der Waals surface area contributed by atoms with Crippen LogP contribution in [-0.2, 0) is 0 Å². The van der Waals surface area contributed by atoms with Crippen molar-refractivity contribution in [1.29, 1.82) is 10.5 Å². The van der Waals surface area contributed by atoms with Gasteiger partial charge in [-0.2, -0.15) is 10.5 Å². The molecule has 0 saturated heterocycles. The molecular weight excluding hydrogens is 556 g/mol. The van der Waals surface area contributed by atoms with Crippen LogP contribution in [-0.4, -0.2) is 0 Å². The standard InChI is InChI=1S/C44H32N2/c1-25(2)35-21-37(29-13-9-11-27(19-29)23-45)41-34-18-8-6-16-32(34)40-36(26(3)4)22-38(30-14-10-12-28(20-30)24-46)42-33-17-7-5-15-31(33)39(35)43(41)44(40)42/h5-22,25-26H,1-4H3. The van der Waals surface area contributed by atoms with Gasteiger partial charge in [-0.15, -0.1) is 0 Å². The van der Waals surface area contributed by atoms with Crippen molar-refractivity contribution in [1.82, 2.24) is 0 Å². The summed E-state index contributed by atoms with van der Waals surface area (Å²) in [4.78, 5) is 0. The molecule has 218 valence electrons. The fourth-order valence-electron chi connectivity index (χ4n) is 7.76. The van der Waals surface area contributed by atoms with Gasteiger partial charge in [0.05, 0.1) is 23.3 Å². The highest BCUT2D eigenvalue weighted by Crippen LogP contribution is 2.53. The average molecular weight is 589 g/mol. The van der Waals surface area contributed by atoms with Crippen molar-refractivity contribution in [2.24, 2.45) is 0 Å². The van der Waals surface area contributed by atoms with Crippen LogP contribution in [0.5, 0.6) is 0 Å². The molecule has 0 unspecified atom stereocenters. The Morgan fingerprint density at radius 3 is 1.13 bits per heavy atom. The minimum absolute atomic E-state index is 0.272. The molecule has 0 aromatic heterocycles. The molecule has 0 aliphatic carbocycles. The maximum atomic E-state index is 9.87. The summed E-state index contributed by atoms with van der Waals surface area (Å²) in [6, 6.07) is 43.3. The maximum absolute atomic E-state index is 9.87. The van der Waals surface area contributed by atoms with Gasteiger partial charge in [-0.05, 0) is 135 Å². The summed E-state index contributed by atoms with van der Waals surface area (Å²) < 4.78 is 0. The summed E-state index contributed by atoms with van der Waals surface area (Å²) in [5.74, 6) is 0.543. The van der Waals surface area contributed by atoms with Gasteiger partial charge in [0.25, 0.3) is 0 Å². The highest BCUT2D eigenvalue weighted by atomic mass is 14.3. The quantitative estimate of drug-likeness (QED) is 0.152. The van der Waals surface area contributed by atoms with Crippen molar-refractivity contribution in [3.63, 3.8) is 0 Å². The SMILES string of the molecule is CC(C)c1cc(-c2cccc(C#N)c2)c2c3ccccc3c3c(C(C)C)cc(-c4cccc(C#N)c4)c4c5ccccc5c1c2c43. The molecule has 0 heterocycles. The van der Waals surface area contributed by atoms with Gasteiger partial charge < -0.3 is 0 Å². The molecule has 2 nitrogen and oxygen atoms in total. The summed E-state index contributed by atoms with van der Waals surface area (Å²) in [7, 11) is 0. The molecule has 0 aliphatic heterocycles. The van der Waals surface area contributed by atoms with Crippen LogP contribution in [0.15, 0.2) is 109 Å². The van der Waals surface area contributed by atoms with Crippen molar-refractivity contribution in [3.8, 4) is 34.4 Å². The van der Waals surface area contributed by atoms with Crippen LogP contribution >= 0.6 is 0 Å². The van der Waals surface area contributed by atoms with E-state index in [9.17, 15) is 10.5 Å². The van der Waals surface area contributed by atoms with Gasteiger partial charge in [-0.1, -0.05) is 100 Å². The Balaban J connectivity index is 1.77. The lowest BCUT2D eigenvalue weighted by Gasteiger charge is -2.27. The molecule has 8 aromatic rings. The first kappa shape index (κ1) is 27.8. The number of benzene rings is 8. The minimum atomic E-state index is 0.272. The van der Waals surface area contributed by atoms with Crippen molar-refractivity contribution in [2.75, 3.05) is 0 Å². The maximum Gasteiger partial charge on any atom is 0.0991 e. The van der Waals surface area contributed by atoms with Gasteiger partial charge in [0.1, 0.15) is 0 Å². The summed E-state index contributed by atoms with van der Waals surface area (Å²) in [6.07, 6.45) is 0. The Bertz CT molecular complexity index is 2420. The molecule has 46 heavy (non-hydrogen) atoms. The number of fused-ring (bicyclic) bond motifs is 6. The first-order valence-electron chi connectivity index (χ1n) is 16.0. The highest BCUT2D eigenvalue weighted by Gasteiger charge is 2.26. The second kappa shape index (κ2) is 10.4. The lowest BCUT2D eigenvalue weighted by molar-refractivity contribution is 0.877. The van der Waals surface area contributed by atoms with E-state index >= 15 is 0 Å². The Morgan fingerprint density at radius 2 is 0.783 bits per heavy atom. The van der Waals surface area contributed by atoms with Crippen LogP contribution in [0.1, 0.15) is 61.8 Å². The molecule has 0 radical (unpaired) electrons. The van der Waals surface area contributed by atoms with Crippen LogP contribution in [0.2, 0.25) is 0 Å². The smallest absolute Gasteiger partial charge is 0.0991 e. The van der Waals surface area contributed by atoms with E-state index < -0.39 is 0 Å². The zero-order valence-electron chi connectivity index (χ0n) is 26.4. The summed E-state index contributed by atoms with van der Waals surface area (Å²) >= 11 is 0. The second-order valence-corrected chi connectivity index (χ2v) is 13.1. The molecule has 8 rings (SSSR count). The molecule has 0 aliphatic rings. The Labute approximate surface area is 269 Å². The molecular formula is C44H32N2. The average Bonchev–Trinajstić information content (AvgIpc) is 3.10. The molecule has 0 amide bonds. The van der Waals surface area contributed by atoms with Crippen LogP contribution in [0.4, 0.5) is 0 Å². The van der Waals surface area contributed by atoms with Gasteiger partial charge in [0, 0.05) is 0 Å². The molecule has 0 saturated carbocycles. The molecule has 0 bridgehead atoms. The fourth-order valence-corrected chi connectivity index (χ4v) is 7.76. The zero-order chi connectivity index (χ0) is 31.7. The third kappa shape index (κ3) is 3.94. The van der Waals surface area contributed by atoms with Crippen molar-refractivity contribution in [2.45, 2.75) is 39.5 Å². The second-order valence-electron chi connectivity index (χ2n) is 13.1. The lowest BCUT2D eigenvalue weighted by Crippen LogP contribution is -2.01. The summed E-state index contributed by atoms with van der Waals surface area (Å²) in [5.41, 5.74) is 8.36. The summed E-state index contributed by atoms with van der Waals surface area (Å²) in [6.45, 7) is 9.14. The lowest BCUT2D eigenvalue weighted by atomic mass is 9.76. The van der Waals surface area contributed by atoms with Crippen LogP contribution < -0.4 is 0 Å². The zero-order valence-corrected chi connectivity index (χ0v) is 26.4. The molecule has 0 atom stereocenters. The van der Waals surface area contributed by atoms with Crippen molar-refractivity contribution in [3.05, 3.63) is 131 Å². The fraction of sp³-hybridized carbons (Fsp3) is 0.136. The molecule has 2 heteroatoms. The topological polar surface area (TPSA) is 47.6 Å². The Hall–Kier alpha value is -5.70. The van der Waals surface area contributed by atoms with E-state index in [2.05, 4.69) is 113 Å². The molecule has 0 spiro atoms. The van der Waals surface area contributed by atoms with Gasteiger partial charge >= 0.3 is 0 Å². The monoisotopic (exact) mass is 588 g/mol. The van der Waals surface area contributed by atoms with Crippen LogP contribution in [0, 0.1) is 22.7 Å². The highest BCUT2D eigenvalue weighted by molar-refractivity contribution is 6.44. The third-order valence-corrected chi connectivity index (χ3v) is 9.75. The number of hydrogen-bond donors (Lipinski definition) is 0. The van der Waals surface area contributed by atoms with Gasteiger partial charge in [-0.3, -0.25) is 0 Å². The van der Waals surface area contributed by atoms with Gasteiger partial charge in [0.15, 0.2) is 0 Å². The predicted octanol–water partition coefficient (Wildman–Crippen LogP) is 12.2. The molecule has 8 aromatic carbocycles. The van der Waals surface area contributed by atoms with E-state index in [1.54, 1.807) is 0 Å². The van der Waals surface area contributed by atoms with Crippen LogP contribution in [0.25, 0.3) is 76.1 Å². The van der Waals surface area contributed by atoms with E-state index in [4.69, 9.17) is 0 Å². The number of nitriles is 2.